The molecule has 0 aliphatic heterocycles. The first-order chi connectivity index (χ1) is 11.6. The third-order valence-electron chi connectivity index (χ3n) is 2.81. The second-order valence-electron chi connectivity index (χ2n) is 4.71. The van der Waals surface area contributed by atoms with Gasteiger partial charge in [0.15, 0.2) is 0 Å². The van der Waals surface area contributed by atoms with E-state index < -0.39 is 6.03 Å². The minimum absolute atomic E-state index is 0.143. The normalized spacial score (nSPS) is 9.88. The summed E-state index contributed by atoms with van der Waals surface area (Å²) in [5.41, 5.74) is 0.569. The van der Waals surface area contributed by atoms with Crippen LogP contribution in [0.2, 0.25) is 5.02 Å². The smallest absolute Gasteiger partial charge is 0.315 e. The Balaban J connectivity index is 1.59. The van der Waals surface area contributed by atoms with Gasteiger partial charge in [0.1, 0.15) is 12.4 Å². The van der Waals surface area contributed by atoms with Crippen LogP contribution >= 0.6 is 11.6 Å². The van der Waals surface area contributed by atoms with E-state index >= 15 is 0 Å². The molecule has 2 rings (SSSR count). The van der Waals surface area contributed by atoms with Gasteiger partial charge in [-0.05, 0) is 30.3 Å². The van der Waals surface area contributed by atoms with Gasteiger partial charge in [0.2, 0.25) is 5.91 Å². The minimum atomic E-state index is -0.453. The zero-order chi connectivity index (χ0) is 17.2. The standard InChI is InChI=1S/C16H17ClN4O3/c17-12-3-1-5-14(9-12)24-8-7-19-16(23)20-11-15(22)21-13-4-2-6-18-10-13/h1-6,9-10H,7-8,11H2,(H,21,22)(H2,19,20,23). The van der Waals surface area contributed by atoms with Crippen molar-refractivity contribution >= 4 is 29.2 Å². The van der Waals surface area contributed by atoms with E-state index in [1.807, 2.05) is 0 Å². The fourth-order valence-corrected chi connectivity index (χ4v) is 1.94. The molecule has 0 bridgehead atoms. The summed E-state index contributed by atoms with van der Waals surface area (Å²) in [6.07, 6.45) is 3.12. The summed E-state index contributed by atoms with van der Waals surface area (Å²) >= 11 is 5.84. The highest BCUT2D eigenvalue weighted by Gasteiger charge is 2.05. The number of pyridine rings is 1. The number of ether oxygens (including phenoxy) is 1. The van der Waals surface area contributed by atoms with E-state index in [-0.39, 0.29) is 19.1 Å². The molecule has 8 heteroatoms. The van der Waals surface area contributed by atoms with E-state index in [0.29, 0.717) is 23.0 Å². The molecular weight excluding hydrogens is 332 g/mol. The van der Waals surface area contributed by atoms with E-state index in [1.54, 1.807) is 42.6 Å². The zero-order valence-corrected chi connectivity index (χ0v) is 13.5. The Hall–Kier alpha value is -2.80. The highest BCUT2D eigenvalue weighted by molar-refractivity contribution is 6.30. The van der Waals surface area contributed by atoms with Gasteiger partial charge in [0.05, 0.1) is 25.0 Å². The number of halogens is 1. The van der Waals surface area contributed by atoms with Gasteiger partial charge in [-0.2, -0.15) is 0 Å². The minimum Gasteiger partial charge on any atom is -0.492 e. The van der Waals surface area contributed by atoms with Gasteiger partial charge < -0.3 is 20.7 Å². The maximum Gasteiger partial charge on any atom is 0.315 e. The van der Waals surface area contributed by atoms with E-state index in [4.69, 9.17) is 16.3 Å². The number of amides is 3. The quantitative estimate of drug-likeness (QED) is 0.668. The molecule has 0 atom stereocenters. The number of urea groups is 1. The third kappa shape index (κ3) is 6.53. The van der Waals surface area contributed by atoms with Gasteiger partial charge in [-0.25, -0.2) is 4.79 Å². The van der Waals surface area contributed by atoms with Crippen LogP contribution in [0, 0.1) is 0 Å². The van der Waals surface area contributed by atoms with E-state index in [0.717, 1.165) is 0 Å². The van der Waals surface area contributed by atoms with Gasteiger partial charge >= 0.3 is 6.03 Å². The lowest BCUT2D eigenvalue weighted by Crippen LogP contribution is -2.41. The van der Waals surface area contributed by atoms with E-state index in [2.05, 4.69) is 20.9 Å². The van der Waals surface area contributed by atoms with Crippen molar-refractivity contribution in [3.05, 3.63) is 53.8 Å². The van der Waals surface area contributed by atoms with Crippen molar-refractivity contribution in [2.24, 2.45) is 0 Å². The van der Waals surface area contributed by atoms with Crippen LogP contribution in [0.15, 0.2) is 48.8 Å². The first kappa shape index (κ1) is 17.6. The van der Waals surface area contributed by atoms with Crippen molar-refractivity contribution in [2.75, 3.05) is 25.0 Å². The molecule has 0 saturated carbocycles. The molecule has 2 aromatic rings. The summed E-state index contributed by atoms with van der Waals surface area (Å²) in [4.78, 5) is 27.1. The number of hydrogen-bond donors (Lipinski definition) is 3. The average molecular weight is 349 g/mol. The summed E-state index contributed by atoms with van der Waals surface area (Å²) in [5, 5.41) is 8.23. The summed E-state index contributed by atoms with van der Waals surface area (Å²) < 4.78 is 5.43. The highest BCUT2D eigenvalue weighted by Crippen LogP contribution is 2.16. The summed E-state index contributed by atoms with van der Waals surface area (Å²) in [5.74, 6) is 0.286. The Kier molecular flexibility index (Phi) is 6.85. The second-order valence-corrected chi connectivity index (χ2v) is 5.14. The third-order valence-corrected chi connectivity index (χ3v) is 3.04. The maximum absolute atomic E-state index is 11.6. The Morgan fingerprint density at radius 3 is 2.79 bits per heavy atom. The number of hydrogen-bond acceptors (Lipinski definition) is 4. The molecular formula is C16H17ClN4O3. The second kappa shape index (κ2) is 9.36. The molecule has 0 saturated heterocycles. The summed E-state index contributed by atoms with van der Waals surface area (Å²) in [6.45, 7) is 0.439. The fraction of sp³-hybridized carbons (Fsp3) is 0.188. The molecule has 24 heavy (non-hydrogen) atoms. The van der Waals surface area contributed by atoms with Crippen LogP contribution in [0.4, 0.5) is 10.5 Å². The Morgan fingerprint density at radius 1 is 1.17 bits per heavy atom. The SMILES string of the molecule is O=C(CNC(=O)NCCOc1cccc(Cl)c1)Nc1cccnc1. The molecule has 0 aliphatic rings. The number of carbonyl (C=O) groups is 2. The van der Waals surface area contributed by atoms with Crippen molar-refractivity contribution in [1.29, 1.82) is 0 Å². The van der Waals surface area contributed by atoms with E-state index in [1.165, 1.54) is 6.20 Å². The molecule has 0 unspecified atom stereocenters. The number of carbonyl (C=O) groups excluding carboxylic acids is 2. The first-order valence-electron chi connectivity index (χ1n) is 7.23. The lowest BCUT2D eigenvalue weighted by molar-refractivity contribution is -0.115. The molecule has 0 fully saturated rings. The largest absolute Gasteiger partial charge is 0.492 e. The van der Waals surface area contributed by atoms with Crippen LogP contribution < -0.4 is 20.7 Å². The molecule has 1 aromatic heterocycles. The van der Waals surface area contributed by atoms with Crippen LogP contribution in [-0.4, -0.2) is 36.6 Å². The molecule has 3 amide bonds. The van der Waals surface area contributed by atoms with Crippen LogP contribution in [0.5, 0.6) is 5.75 Å². The molecule has 1 aromatic carbocycles. The van der Waals surface area contributed by atoms with E-state index in [9.17, 15) is 9.59 Å². The van der Waals surface area contributed by atoms with Crippen LogP contribution in [-0.2, 0) is 4.79 Å². The van der Waals surface area contributed by atoms with Gasteiger partial charge in [-0.1, -0.05) is 17.7 Å². The number of benzene rings is 1. The van der Waals surface area contributed by atoms with Crippen LogP contribution in [0.1, 0.15) is 0 Å². The van der Waals surface area contributed by atoms with Crippen molar-refractivity contribution in [3.63, 3.8) is 0 Å². The molecule has 0 radical (unpaired) electrons. The van der Waals surface area contributed by atoms with Gasteiger partial charge in [0, 0.05) is 11.2 Å². The van der Waals surface area contributed by atoms with Gasteiger partial charge in [-0.15, -0.1) is 0 Å². The van der Waals surface area contributed by atoms with Crippen LogP contribution in [0.25, 0.3) is 0 Å². The van der Waals surface area contributed by atoms with Crippen molar-refractivity contribution < 1.29 is 14.3 Å². The molecule has 0 aliphatic carbocycles. The van der Waals surface area contributed by atoms with Crippen molar-refractivity contribution in [3.8, 4) is 5.75 Å². The predicted octanol–water partition coefficient (Wildman–Crippen LogP) is 2.05. The Morgan fingerprint density at radius 2 is 2.04 bits per heavy atom. The monoisotopic (exact) mass is 348 g/mol. The van der Waals surface area contributed by atoms with Crippen LogP contribution in [0.3, 0.4) is 0 Å². The zero-order valence-electron chi connectivity index (χ0n) is 12.8. The van der Waals surface area contributed by atoms with Gasteiger partial charge in [-0.3, -0.25) is 9.78 Å². The summed E-state index contributed by atoms with van der Waals surface area (Å²) in [6, 6.07) is 9.94. The molecule has 0 spiro atoms. The molecule has 7 nitrogen and oxygen atoms in total. The fourth-order valence-electron chi connectivity index (χ4n) is 1.76. The first-order valence-corrected chi connectivity index (χ1v) is 7.61. The Bertz CT molecular complexity index is 682. The lowest BCUT2D eigenvalue weighted by atomic mass is 10.3. The summed E-state index contributed by atoms with van der Waals surface area (Å²) in [7, 11) is 0. The number of aromatic nitrogens is 1. The number of nitrogens with one attached hydrogen (secondary N) is 3. The number of anilines is 1. The molecule has 3 N–H and O–H groups in total. The maximum atomic E-state index is 11.6. The van der Waals surface area contributed by atoms with Crippen molar-refractivity contribution in [2.45, 2.75) is 0 Å². The molecule has 126 valence electrons. The highest BCUT2D eigenvalue weighted by atomic mass is 35.5. The Labute approximate surface area is 144 Å². The average Bonchev–Trinajstić information content (AvgIpc) is 2.58. The van der Waals surface area contributed by atoms with Crippen molar-refractivity contribution in [1.82, 2.24) is 15.6 Å². The number of nitrogens with zero attached hydrogens (tertiary/aromatic N) is 1. The molecule has 1 heterocycles. The topological polar surface area (TPSA) is 92.4 Å². The predicted molar refractivity (Wildman–Crippen MR) is 91.2 cm³/mol. The van der Waals surface area contributed by atoms with Gasteiger partial charge in [0.25, 0.3) is 0 Å². The lowest BCUT2D eigenvalue weighted by Gasteiger charge is -2.09. The number of rotatable bonds is 7.